The molecule has 0 rings (SSSR count). The number of hydrogen-bond acceptors (Lipinski definition) is 5. The third-order valence-electron chi connectivity index (χ3n) is 2.58. The fraction of sp³-hybridized carbons (Fsp3) is 0.800. The van der Waals surface area contributed by atoms with Crippen molar-refractivity contribution in [2.75, 3.05) is 12.4 Å². The Balaban J connectivity index is 4.64. The Morgan fingerprint density at radius 3 is 2.24 bits per heavy atom. The molecule has 0 aliphatic rings. The maximum Gasteiger partial charge on any atom is 0.319 e. The van der Waals surface area contributed by atoms with Crippen molar-refractivity contribution in [3.8, 4) is 0 Å². The SMILES string of the molecule is CCOC(=O)C(C)(CCCS(=O)(=O)O)C(C)=O. The van der Waals surface area contributed by atoms with Gasteiger partial charge in [-0.05, 0) is 33.6 Å². The number of carbonyl (C=O) groups excluding carboxylic acids is 2. The van der Waals surface area contributed by atoms with Gasteiger partial charge in [-0.25, -0.2) is 0 Å². The van der Waals surface area contributed by atoms with Gasteiger partial charge >= 0.3 is 5.97 Å². The van der Waals surface area contributed by atoms with Crippen molar-refractivity contribution in [3.05, 3.63) is 0 Å². The molecule has 0 radical (unpaired) electrons. The lowest BCUT2D eigenvalue weighted by Gasteiger charge is -2.23. The van der Waals surface area contributed by atoms with Gasteiger partial charge in [-0.15, -0.1) is 0 Å². The molecule has 1 N–H and O–H groups in total. The Bertz CT molecular complexity index is 386. The highest BCUT2D eigenvalue weighted by molar-refractivity contribution is 7.85. The van der Waals surface area contributed by atoms with E-state index in [4.69, 9.17) is 9.29 Å². The van der Waals surface area contributed by atoms with Gasteiger partial charge < -0.3 is 4.74 Å². The Morgan fingerprint density at radius 2 is 1.88 bits per heavy atom. The molecule has 1 atom stereocenters. The van der Waals surface area contributed by atoms with E-state index in [0.29, 0.717) is 0 Å². The summed E-state index contributed by atoms with van der Waals surface area (Å²) in [6.45, 7) is 4.44. The van der Waals surface area contributed by atoms with E-state index in [2.05, 4.69) is 0 Å². The van der Waals surface area contributed by atoms with Crippen LogP contribution in [0.3, 0.4) is 0 Å². The summed E-state index contributed by atoms with van der Waals surface area (Å²) in [5.41, 5.74) is -1.35. The topological polar surface area (TPSA) is 97.7 Å². The van der Waals surface area contributed by atoms with Crippen molar-refractivity contribution < 1.29 is 27.3 Å². The third-order valence-corrected chi connectivity index (χ3v) is 3.39. The fourth-order valence-corrected chi connectivity index (χ4v) is 1.83. The lowest BCUT2D eigenvalue weighted by molar-refractivity contribution is -0.158. The van der Waals surface area contributed by atoms with E-state index in [1.165, 1.54) is 13.8 Å². The minimum absolute atomic E-state index is 0.0216. The van der Waals surface area contributed by atoms with Crippen LogP contribution in [0.25, 0.3) is 0 Å². The first-order valence-electron chi connectivity index (χ1n) is 5.27. The zero-order valence-corrected chi connectivity index (χ0v) is 11.0. The minimum Gasteiger partial charge on any atom is -0.465 e. The predicted octanol–water partition coefficient (Wildman–Crippen LogP) is 0.813. The summed E-state index contributed by atoms with van der Waals surface area (Å²) in [4.78, 5) is 23.0. The number of Topliss-reactive ketones (excluding diaryl/α,β-unsaturated/α-hetero) is 1. The van der Waals surface area contributed by atoms with Crippen LogP contribution in [0.15, 0.2) is 0 Å². The fourth-order valence-electron chi connectivity index (χ4n) is 1.32. The van der Waals surface area contributed by atoms with E-state index in [-0.39, 0.29) is 25.2 Å². The number of ketones is 1. The molecule has 17 heavy (non-hydrogen) atoms. The smallest absolute Gasteiger partial charge is 0.319 e. The molecule has 0 saturated carbocycles. The second kappa shape index (κ2) is 6.11. The molecular weight excluding hydrogens is 248 g/mol. The summed E-state index contributed by atoms with van der Waals surface area (Å²) < 4.78 is 34.4. The van der Waals surface area contributed by atoms with Crippen molar-refractivity contribution in [1.29, 1.82) is 0 Å². The van der Waals surface area contributed by atoms with Crippen molar-refractivity contribution in [1.82, 2.24) is 0 Å². The standard InChI is InChI=1S/C10H18O6S/c1-4-16-9(12)10(3,8(2)11)6-5-7-17(13,14)15/h4-7H2,1-3H3,(H,13,14,15). The van der Waals surface area contributed by atoms with Crippen LogP contribution in [0.5, 0.6) is 0 Å². The highest BCUT2D eigenvalue weighted by Gasteiger charge is 2.39. The van der Waals surface area contributed by atoms with Gasteiger partial charge in [0.1, 0.15) is 11.2 Å². The zero-order chi connectivity index (χ0) is 13.7. The molecule has 1 unspecified atom stereocenters. The average Bonchev–Trinajstić information content (AvgIpc) is 2.15. The largest absolute Gasteiger partial charge is 0.465 e. The number of ether oxygens (including phenoxy) is 1. The van der Waals surface area contributed by atoms with Crippen molar-refractivity contribution in [2.24, 2.45) is 5.41 Å². The average molecular weight is 266 g/mol. The van der Waals surface area contributed by atoms with Gasteiger partial charge in [-0.3, -0.25) is 14.1 Å². The lowest BCUT2D eigenvalue weighted by Crippen LogP contribution is -2.37. The molecule has 0 aromatic carbocycles. The summed E-state index contributed by atoms with van der Waals surface area (Å²) in [7, 11) is -4.07. The van der Waals surface area contributed by atoms with E-state index < -0.39 is 27.3 Å². The highest BCUT2D eigenvalue weighted by atomic mass is 32.2. The van der Waals surface area contributed by atoms with Crippen LogP contribution in [0, 0.1) is 5.41 Å². The monoisotopic (exact) mass is 266 g/mol. The first-order chi connectivity index (χ1) is 7.63. The first-order valence-corrected chi connectivity index (χ1v) is 6.88. The van der Waals surface area contributed by atoms with Gasteiger partial charge in [0.25, 0.3) is 10.1 Å². The molecule has 0 saturated heterocycles. The number of carbonyl (C=O) groups is 2. The van der Waals surface area contributed by atoms with Gasteiger partial charge in [0.2, 0.25) is 0 Å². The maximum atomic E-state index is 11.6. The van der Waals surface area contributed by atoms with Crippen LogP contribution >= 0.6 is 0 Å². The van der Waals surface area contributed by atoms with Crippen LogP contribution in [0.1, 0.15) is 33.6 Å². The van der Waals surface area contributed by atoms with Crippen LogP contribution in [0.4, 0.5) is 0 Å². The molecule has 100 valence electrons. The predicted molar refractivity (Wildman–Crippen MR) is 61.1 cm³/mol. The van der Waals surface area contributed by atoms with Gasteiger partial charge in [0, 0.05) is 0 Å². The summed E-state index contributed by atoms with van der Waals surface area (Å²) >= 11 is 0. The molecule has 0 aliphatic carbocycles. The first kappa shape index (κ1) is 16.1. The van der Waals surface area contributed by atoms with Crippen molar-refractivity contribution in [3.63, 3.8) is 0 Å². The van der Waals surface area contributed by atoms with Crippen molar-refractivity contribution in [2.45, 2.75) is 33.6 Å². The molecule has 0 aromatic heterocycles. The molecular formula is C10H18O6S. The van der Waals surface area contributed by atoms with E-state index in [0.717, 1.165) is 0 Å². The Morgan fingerprint density at radius 1 is 1.35 bits per heavy atom. The molecule has 0 bridgehead atoms. The van der Waals surface area contributed by atoms with Gasteiger partial charge in [0.15, 0.2) is 0 Å². The van der Waals surface area contributed by atoms with Crippen LogP contribution in [-0.4, -0.2) is 37.1 Å². The summed E-state index contributed by atoms with van der Waals surface area (Å²) in [6, 6.07) is 0. The van der Waals surface area contributed by atoms with Gasteiger partial charge in [0.05, 0.1) is 12.4 Å². The van der Waals surface area contributed by atoms with E-state index in [9.17, 15) is 18.0 Å². The number of hydrogen-bond donors (Lipinski definition) is 1. The maximum absolute atomic E-state index is 11.6. The Hall–Kier alpha value is -0.950. The summed E-state index contributed by atoms with van der Waals surface area (Å²) in [6.07, 6.45) is 0.0503. The van der Waals surface area contributed by atoms with Crippen LogP contribution in [0.2, 0.25) is 0 Å². The Kier molecular flexibility index (Phi) is 5.77. The molecule has 0 spiro atoms. The third kappa shape index (κ3) is 5.27. The minimum atomic E-state index is -4.07. The molecule has 0 amide bonds. The molecule has 0 aliphatic heterocycles. The zero-order valence-electron chi connectivity index (χ0n) is 10.2. The second-order valence-corrected chi connectivity index (χ2v) is 5.57. The molecule has 0 aromatic rings. The highest BCUT2D eigenvalue weighted by Crippen LogP contribution is 2.26. The number of esters is 1. The van der Waals surface area contributed by atoms with Crippen molar-refractivity contribution >= 4 is 21.9 Å². The second-order valence-electron chi connectivity index (χ2n) is 4.00. The molecule has 0 heterocycles. The molecule has 7 heteroatoms. The summed E-state index contributed by atoms with van der Waals surface area (Å²) in [5, 5.41) is 0. The van der Waals surface area contributed by atoms with E-state index in [1.54, 1.807) is 6.92 Å². The van der Waals surface area contributed by atoms with E-state index in [1.807, 2.05) is 0 Å². The normalized spacial score (nSPS) is 15.1. The van der Waals surface area contributed by atoms with E-state index >= 15 is 0 Å². The molecule has 6 nitrogen and oxygen atoms in total. The van der Waals surface area contributed by atoms with Crippen LogP contribution in [-0.2, 0) is 24.4 Å². The van der Waals surface area contributed by atoms with Gasteiger partial charge in [-0.2, -0.15) is 8.42 Å². The Labute approximate surface area is 101 Å². The quantitative estimate of drug-likeness (QED) is 0.416. The number of rotatable bonds is 7. The van der Waals surface area contributed by atoms with Crippen LogP contribution < -0.4 is 0 Å². The lowest BCUT2D eigenvalue weighted by atomic mass is 9.82. The summed E-state index contributed by atoms with van der Waals surface area (Å²) in [5.74, 6) is -1.52. The molecule has 0 fully saturated rings. The van der Waals surface area contributed by atoms with Gasteiger partial charge in [-0.1, -0.05) is 0 Å².